The first kappa shape index (κ1) is 22.2. The van der Waals surface area contributed by atoms with E-state index in [-0.39, 0.29) is 24.3 Å². The summed E-state index contributed by atoms with van der Waals surface area (Å²) in [5.41, 5.74) is 1.66. The Hall–Kier alpha value is -2.96. The zero-order chi connectivity index (χ0) is 22.7. The topological polar surface area (TPSA) is 55.8 Å². The van der Waals surface area contributed by atoms with Crippen molar-refractivity contribution in [3.63, 3.8) is 0 Å². The number of ether oxygens (including phenoxy) is 2. The predicted molar refractivity (Wildman–Crippen MR) is 136 cm³/mol. The van der Waals surface area contributed by atoms with Gasteiger partial charge in [-0.15, -0.1) is 6.42 Å². The number of carbonyl (C=O) groups is 2. The van der Waals surface area contributed by atoms with Crippen LogP contribution in [0.4, 0.5) is 4.79 Å². The number of hydrogen-bond donors (Lipinski definition) is 0. The number of halogens is 1. The SMILES string of the molecule is C#CCOc1c(I)cc(/C=C2/SC(=O)N(Cc3cccc4ccccc34)C2=O)cc1OC. The van der Waals surface area contributed by atoms with Crippen LogP contribution >= 0.6 is 34.4 Å². The predicted octanol–water partition coefficient (Wildman–Crippen LogP) is 5.70. The van der Waals surface area contributed by atoms with Crippen molar-refractivity contribution in [3.8, 4) is 23.8 Å². The number of benzene rings is 3. The third kappa shape index (κ3) is 4.47. The van der Waals surface area contributed by atoms with E-state index in [9.17, 15) is 9.59 Å². The van der Waals surface area contributed by atoms with Crippen LogP contribution in [0.3, 0.4) is 0 Å². The average molecular weight is 555 g/mol. The Balaban J connectivity index is 1.61. The van der Waals surface area contributed by atoms with Crippen LogP contribution < -0.4 is 9.47 Å². The molecule has 1 fully saturated rings. The Kier molecular flexibility index (Phi) is 6.72. The molecule has 5 nitrogen and oxygen atoms in total. The Morgan fingerprint density at radius 1 is 1.16 bits per heavy atom. The zero-order valence-corrected chi connectivity index (χ0v) is 20.1. The first-order valence-electron chi connectivity index (χ1n) is 9.67. The van der Waals surface area contributed by atoms with Crippen molar-refractivity contribution in [2.24, 2.45) is 0 Å². The summed E-state index contributed by atoms with van der Waals surface area (Å²) in [5, 5.41) is 1.81. The van der Waals surface area contributed by atoms with Gasteiger partial charge in [-0.1, -0.05) is 48.4 Å². The van der Waals surface area contributed by atoms with E-state index in [1.807, 2.05) is 48.5 Å². The van der Waals surface area contributed by atoms with E-state index in [0.717, 1.165) is 37.2 Å². The van der Waals surface area contributed by atoms with Gasteiger partial charge in [-0.25, -0.2) is 0 Å². The van der Waals surface area contributed by atoms with Crippen molar-refractivity contribution in [2.45, 2.75) is 6.54 Å². The number of terminal acetylenes is 1. The summed E-state index contributed by atoms with van der Waals surface area (Å²) in [6.07, 6.45) is 6.98. The molecule has 7 heteroatoms. The van der Waals surface area contributed by atoms with Gasteiger partial charge in [-0.05, 0) is 74.5 Å². The number of nitrogens with zero attached hydrogens (tertiary/aromatic N) is 1. The van der Waals surface area contributed by atoms with Gasteiger partial charge in [0.2, 0.25) is 0 Å². The fourth-order valence-corrected chi connectivity index (χ4v) is 5.08. The maximum atomic E-state index is 13.0. The number of thioether (sulfide) groups is 1. The summed E-state index contributed by atoms with van der Waals surface area (Å²) < 4.78 is 11.8. The molecule has 2 amide bonds. The minimum Gasteiger partial charge on any atom is -0.493 e. The smallest absolute Gasteiger partial charge is 0.293 e. The highest BCUT2D eigenvalue weighted by molar-refractivity contribution is 14.1. The number of carbonyl (C=O) groups excluding carboxylic acids is 2. The first-order chi connectivity index (χ1) is 15.5. The van der Waals surface area contributed by atoms with Crippen molar-refractivity contribution in [1.82, 2.24) is 4.90 Å². The van der Waals surface area contributed by atoms with E-state index in [1.165, 1.54) is 12.0 Å². The lowest BCUT2D eigenvalue weighted by molar-refractivity contribution is -0.123. The minimum atomic E-state index is -0.311. The van der Waals surface area contributed by atoms with Crippen LogP contribution in [-0.4, -0.2) is 29.8 Å². The van der Waals surface area contributed by atoms with Gasteiger partial charge >= 0.3 is 0 Å². The van der Waals surface area contributed by atoms with Crippen LogP contribution in [0.1, 0.15) is 11.1 Å². The van der Waals surface area contributed by atoms with Crippen LogP contribution in [0, 0.1) is 15.9 Å². The number of hydrogen-bond acceptors (Lipinski definition) is 5. The fraction of sp³-hybridized carbons (Fsp3) is 0.120. The second-order valence-electron chi connectivity index (χ2n) is 6.93. The summed E-state index contributed by atoms with van der Waals surface area (Å²) in [4.78, 5) is 27.3. The van der Waals surface area contributed by atoms with E-state index >= 15 is 0 Å². The Bertz CT molecular complexity index is 1290. The van der Waals surface area contributed by atoms with E-state index < -0.39 is 0 Å². The molecular weight excluding hydrogens is 537 g/mol. The maximum Gasteiger partial charge on any atom is 0.293 e. The molecule has 0 spiro atoms. The highest BCUT2D eigenvalue weighted by Gasteiger charge is 2.35. The standard InChI is InChI=1S/C25H18INO4S/c1-3-11-31-23-20(26)12-16(13-21(23)30-2)14-22-24(28)27(25(29)32-22)15-18-9-6-8-17-7-4-5-10-19(17)18/h1,4-10,12-14H,11,15H2,2H3/b22-14+. The van der Waals surface area contributed by atoms with Crippen molar-refractivity contribution >= 4 is 62.3 Å². The molecule has 0 N–H and O–H groups in total. The first-order valence-corrected chi connectivity index (χ1v) is 11.6. The molecule has 4 rings (SSSR count). The van der Waals surface area contributed by atoms with Gasteiger partial charge in [0.05, 0.1) is 22.1 Å². The molecule has 1 aliphatic heterocycles. The molecule has 3 aromatic rings. The van der Waals surface area contributed by atoms with E-state index in [2.05, 4.69) is 28.5 Å². The highest BCUT2D eigenvalue weighted by atomic mass is 127. The minimum absolute atomic E-state index is 0.124. The van der Waals surface area contributed by atoms with Crippen LogP contribution in [-0.2, 0) is 11.3 Å². The molecule has 0 aromatic heterocycles. The number of fused-ring (bicyclic) bond motifs is 1. The molecule has 160 valence electrons. The molecule has 1 saturated heterocycles. The van der Waals surface area contributed by atoms with Gasteiger partial charge in [-0.3, -0.25) is 14.5 Å². The number of imide groups is 1. The summed E-state index contributed by atoms with van der Waals surface area (Å²) in [6.45, 7) is 0.349. The molecule has 0 radical (unpaired) electrons. The lowest BCUT2D eigenvalue weighted by Gasteiger charge is -2.14. The molecule has 0 bridgehead atoms. The summed E-state index contributed by atoms with van der Waals surface area (Å²) in [5.74, 6) is 3.18. The highest BCUT2D eigenvalue weighted by Crippen LogP contribution is 2.38. The third-order valence-electron chi connectivity index (χ3n) is 4.93. The maximum absolute atomic E-state index is 13.0. The van der Waals surface area contributed by atoms with Crippen LogP contribution in [0.5, 0.6) is 11.5 Å². The van der Waals surface area contributed by atoms with Crippen molar-refractivity contribution < 1.29 is 19.1 Å². The normalized spacial score (nSPS) is 14.8. The van der Waals surface area contributed by atoms with Gasteiger partial charge in [0, 0.05) is 0 Å². The quantitative estimate of drug-likeness (QED) is 0.222. The summed E-state index contributed by atoms with van der Waals surface area (Å²) in [6, 6.07) is 17.4. The molecule has 0 saturated carbocycles. The van der Waals surface area contributed by atoms with Crippen molar-refractivity contribution in [2.75, 3.05) is 13.7 Å². The van der Waals surface area contributed by atoms with E-state index in [0.29, 0.717) is 16.4 Å². The van der Waals surface area contributed by atoms with Gasteiger partial charge in [0.25, 0.3) is 11.1 Å². The summed E-state index contributed by atoms with van der Waals surface area (Å²) >= 11 is 3.06. The number of methoxy groups -OCH3 is 1. The van der Waals surface area contributed by atoms with Gasteiger partial charge < -0.3 is 9.47 Å². The number of rotatable bonds is 6. The molecule has 3 aromatic carbocycles. The summed E-state index contributed by atoms with van der Waals surface area (Å²) in [7, 11) is 1.54. The van der Waals surface area contributed by atoms with Crippen molar-refractivity contribution in [3.05, 3.63) is 74.2 Å². The molecule has 0 atom stereocenters. The monoisotopic (exact) mass is 555 g/mol. The fourth-order valence-electron chi connectivity index (χ4n) is 3.47. The molecule has 0 unspecified atom stereocenters. The Morgan fingerprint density at radius 2 is 1.94 bits per heavy atom. The Labute approximate surface area is 203 Å². The largest absolute Gasteiger partial charge is 0.493 e. The molecule has 1 heterocycles. The zero-order valence-electron chi connectivity index (χ0n) is 17.1. The lowest BCUT2D eigenvalue weighted by atomic mass is 10.0. The Morgan fingerprint density at radius 3 is 2.72 bits per heavy atom. The molecule has 1 aliphatic rings. The van der Waals surface area contributed by atoms with Crippen LogP contribution in [0.2, 0.25) is 0 Å². The van der Waals surface area contributed by atoms with E-state index in [4.69, 9.17) is 15.9 Å². The molecule has 0 aliphatic carbocycles. The second kappa shape index (κ2) is 9.67. The average Bonchev–Trinajstić information content (AvgIpc) is 3.05. The van der Waals surface area contributed by atoms with Gasteiger partial charge in [0.15, 0.2) is 11.5 Å². The van der Waals surface area contributed by atoms with Crippen LogP contribution in [0.25, 0.3) is 16.8 Å². The van der Waals surface area contributed by atoms with Gasteiger partial charge in [-0.2, -0.15) is 0 Å². The van der Waals surface area contributed by atoms with Crippen molar-refractivity contribution in [1.29, 1.82) is 0 Å². The van der Waals surface area contributed by atoms with E-state index in [1.54, 1.807) is 12.1 Å². The molecule has 32 heavy (non-hydrogen) atoms. The second-order valence-corrected chi connectivity index (χ2v) is 9.09. The van der Waals surface area contributed by atoms with Crippen LogP contribution in [0.15, 0.2) is 59.5 Å². The third-order valence-corrected chi connectivity index (χ3v) is 6.64. The lowest BCUT2D eigenvalue weighted by Crippen LogP contribution is -2.27. The van der Waals surface area contributed by atoms with Gasteiger partial charge in [0.1, 0.15) is 6.61 Å². The number of amides is 2. The molecular formula is C25H18INO4S.